The van der Waals surface area contributed by atoms with Gasteiger partial charge in [-0.25, -0.2) is 4.79 Å². The predicted molar refractivity (Wildman–Crippen MR) is 63.0 cm³/mol. The molecule has 1 aliphatic heterocycles. The molecule has 1 atom stereocenters. The van der Waals surface area contributed by atoms with Crippen LogP contribution in [0.3, 0.4) is 0 Å². The molecule has 1 aliphatic rings. The predicted octanol–water partition coefficient (Wildman–Crippen LogP) is 1.35. The van der Waals surface area contributed by atoms with Crippen LogP contribution >= 0.6 is 0 Å². The monoisotopic (exact) mass is 238 g/mol. The van der Waals surface area contributed by atoms with Crippen molar-refractivity contribution >= 4 is 17.8 Å². The van der Waals surface area contributed by atoms with Crippen molar-refractivity contribution in [2.24, 2.45) is 11.3 Å². The summed E-state index contributed by atoms with van der Waals surface area (Å²) in [5, 5.41) is 4.36. The molecule has 5 heteroatoms. The van der Waals surface area contributed by atoms with Crippen LogP contribution < -0.4 is 10.6 Å². The number of barbiturate groups is 1. The largest absolute Gasteiger partial charge is 0.328 e. The van der Waals surface area contributed by atoms with Gasteiger partial charge in [0.2, 0.25) is 11.8 Å². The zero-order chi connectivity index (χ0) is 13.1. The molecule has 1 fully saturated rings. The Morgan fingerprint density at radius 2 is 1.76 bits per heavy atom. The number of nitrogens with one attached hydrogen (secondary N) is 2. The topological polar surface area (TPSA) is 75.3 Å². The van der Waals surface area contributed by atoms with Gasteiger partial charge in [-0.05, 0) is 19.3 Å². The lowest BCUT2D eigenvalue weighted by Crippen LogP contribution is -2.64. The first-order valence-electron chi connectivity index (χ1n) is 5.78. The highest BCUT2D eigenvalue weighted by Gasteiger charge is 2.52. The second-order valence-corrected chi connectivity index (χ2v) is 4.27. The van der Waals surface area contributed by atoms with E-state index in [4.69, 9.17) is 0 Å². The fourth-order valence-electron chi connectivity index (χ4n) is 2.28. The van der Waals surface area contributed by atoms with E-state index in [0.29, 0.717) is 12.8 Å². The van der Waals surface area contributed by atoms with Crippen molar-refractivity contribution < 1.29 is 14.4 Å². The van der Waals surface area contributed by atoms with E-state index in [1.54, 1.807) is 6.08 Å². The molecule has 1 rings (SSSR count). The van der Waals surface area contributed by atoms with Gasteiger partial charge in [-0.15, -0.1) is 0 Å². The summed E-state index contributed by atoms with van der Waals surface area (Å²) >= 11 is 0. The highest BCUT2D eigenvalue weighted by molar-refractivity contribution is 6.19. The second-order valence-electron chi connectivity index (χ2n) is 4.27. The number of hydrogen-bond donors (Lipinski definition) is 2. The summed E-state index contributed by atoms with van der Waals surface area (Å²) in [6.07, 6.45) is 4.73. The van der Waals surface area contributed by atoms with E-state index in [1.165, 1.54) is 0 Å². The van der Waals surface area contributed by atoms with E-state index < -0.39 is 23.3 Å². The Labute approximate surface area is 101 Å². The maximum absolute atomic E-state index is 12.0. The molecule has 5 nitrogen and oxygen atoms in total. The highest BCUT2D eigenvalue weighted by Crippen LogP contribution is 2.36. The van der Waals surface area contributed by atoms with Crippen molar-refractivity contribution in [3.63, 3.8) is 0 Å². The molecule has 0 aromatic rings. The molecule has 17 heavy (non-hydrogen) atoms. The normalized spacial score (nSPS) is 21.2. The van der Waals surface area contributed by atoms with Gasteiger partial charge in [0.1, 0.15) is 5.41 Å². The quantitative estimate of drug-likeness (QED) is 0.573. The molecule has 0 unspecified atom stereocenters. The zero-order valence-corrected chi connectivity index (χ0v) is 10.4. The van der Waals surface area contributed by atoms with Crippen molar-refractivity contribution in [3.8, 4) is 0 Å². The van der Waals surface area contributed by atoms with Crippen LogP contribution in [0.1, 0.15) is 33.6 Å². The lowest BCUT2D eigenvalue weighted by atomic mass is 9.70. The third-order valence-corrected chi connectivity index (χ3v) is 3.17. The number of rotatable bonds is 4. The van der Waals surface area contributed by atoms with Crippen LogP contribution in [0.25, 0.3) is 0 Å². The van der Waals surface area contributed by atoms with E-state index in [0.717, 1.165) is 0 Å². The average Bonchev–Trinajstić information content (AvgIpc) is 2.23. The number of imide groups is 2. The second kappa shape index (κ2) is 5.12. The van der Waals surface area contributed by atoms with Gasteiger partial charge in [-0.3, -0.25) is 20.2 Å². The lowest BCUT2D eigenvalue weighted by Gasteiger charge is -2.37. The third kappa shape index (κ3) is 2.23. The number of allylic oxidation sites excluding steroid dienone is 2. The molecule has 1 heterocycles. The van der Waals surface area contributed by atoms with Gasteiger partial charge in [0.05, 0.1) is 0 Å². The Hall–Kier alpha value is -1.65. The third-order valence-electron chi connectivity index (χ3n) is 3.17. The Bertz CT molecular complexity index is 354. The van der Waals surface area contributed by atoms with E-state index in [9.17, 15) is 14.4 Å². The average molecular weight is 238 g/mol. The van der Waals surface area contributed by atoms with Crippen LogP contribution in [0.5, 0.6) is 0 Å². The van der Waals surface area contributed by atoms with Crippen molar-refractivity contribution in [1.29, 1.82) is 0 Å². The molecule has 0 bridgehead atoms. The molecule has 0 aromatic carbocycles. The Balaban J connectivity index is 3.16. The number of amides is 4. The summed E-state index contributed by atoms with van der Waals surface area (Å²) in [6.45, 7) is 5.55. The van der Waals surface area contributed by atoms with Crippen molar-refractivity contribution in [3.05, 3.63) is 12.2 Å². The van der Waals surface area contributed by atoms with Crippen LogP contribution in [-0.2, 0) is 9.59 Å². The zero-order valence-electron chi connectivity index (χ0n) is 10.4. The number of carbonyl (C=O) groups is 3. The SMILES string of the molecule is C/C=C\[C@H](C)C1(CCC)C(=O)NC(=O)NC1=O. The summed E-state index contributed by atoms with van der Waals surface area (Å²) in [4.78, 5) is 35.1. The molecule has 4 amide bonds. The lowest BCUT2D eigenvalue weighted by molar-refractivity contribution is -0.147. The fourth-order valence-corrected chi connectivity index (χ4v) is 2.28. The molecule has 0 saturated carbocycles. The van der Waals surface area contributed by atoms with Gasteiger partial charge < -0.3 is 0 Å². The number of urea groups is 1. The molecule has 0 spiro atoms. The van der Waals surface area contributed by atoms with Crippen molar-refractivity contribution in [1.82, 2.24) is 10.6 Å². The van der Waals surface area contributed by atoms with Crippen LogP contribution in [0.15, 0.2) is 12.2 Å². The molecule has 0 aromatic heterocycles. The summed E-state index contributed by atoms with van der Waals surface area (Å²) in [7, 11) is 0. The van der Waals surface area contributed by atoms with E-state index in [1.807, 2.05) is 26.8 Å². The first-order chi connectivity index (χ1) is 7.98. The van der Waals surface area contributed by atoms with Gasteiger partial charge in [0, 0.05) is 0 Å². The van der Waals surface area contributed by atoms with Crippen molar-refractivity contribution in [2.75, 3.05) is 0 Å². The van der Waals surface area contributed by atoms with Gasteiger partial charge >= 0.3 is 6.03 Å². The van der Waals surface area contributed by atoms with Crippen LogP contribution in [0.4, 0.5) is 4.79 Å². The first-order valence-corrected chi connectivity index (χ1v) is 5.78. The van der Waals surface area contributed by atoms with Crippen LogP contribution in [-0.4, -0.2) is 17.8 Å². The van der Waals surface area contributed by atoms with E-state index in [-0.39, 0.29) is 5.92 Å². The molecule has 94 valence electrons. The van der Waals surface area contributed by atoms with Gasteiger partial charge in [0.15, 0.2) is 0 Å². The number of carbonyl (C=O) groups excluding carboxylic acids is 3. The minimum absolute atomic E-state index is 0.249. The fraction of sp³-hybridized carbons (Fsp3) is 0.583. The maximum Gasteiger partial charge on any atom is 0.328 e. The van der Waals surface area contributed by atoms with E-state index >= 15 is 0 Å². The summed E-state index contributed by atoms with van der Waals surface area (Å²) in [6, 6.07) is -0.737. The number of hydrogen-bond acceptors (Lipinski definition) is 3. The Morgan fingerprint density at radius 3 is 2.18 bits per heavy atom. The van der Waals surface area contributed by atoms with Crippen LogP contribution in [0, 0.1) is 11.3 Å². The highest BCUT2D eigenvalue weighted by atomic mass is 16.2. The minimum Gasteiger partial charge on any atom is -0.277 e. The molecular formula is C12H18N2O3. The van der Waals surface area contributed by atoms with Crippen LogP contribution in [0.2, 0.25) is 0 Å². The van der Waals surface area contributed by atoms with Crippen molar-refractivity contribution in [2.45, 2.75) is 33.6 Å². The van der Waals surface area contributed by atoms with Gasteiger partial charge in [-0.1, -0.05) is 32.4 Å². The summed E-state index contributed by atoms with van der Waals surface area (Å²) < 4.78 is 0. The molecule has 0 aliphatic carbocycles. The molecular weight excluding hydrogens is 220 g/mol. The molecule has 0 radical (unpaired) electrons. The smallest absolute Gasteiger partial charge is 0.277 e. The molecule has 1 saturated heterocycles. The van der Waals surface area contributed by atoms with E-state index in [2.05, 4.69) is 10.6 Å². The molecule has 2 N–H and O–H groups in total. The maximum atomic E-state index is 12.0. The Morgan fingerprint density at radius 1 is 1.24 bits per heavy atom. The summed E-state index contributed by atoms with van der Waals surface area (Å²) in [5.74, 6) is -1.25. The van der Waals surface area contributed by atoms with Gasteiger partial charge in [0.25, 0.3) is 0 Å². The first kappa shape index (κ1) is 13.4. The standard InChI is InChI=1S/C12H18N2O3/c1-4-6-8(3)12(7-5-2)9(15)13-11(17)14-10(12)16/h4,6,8H,5,7H2,1-3H3,(H2,13,14,15,16,17)/b6-4-/t8-/m0/s1. The Kier molecular flexibility index (Phi) is 4.04. The summed E-state index contributed by atoms with van der Waals surface area (Å²) in [5.41, 5.74) is -1.17. The van der Waals surface area contributed by atoms with Gasteiger partial charge in [-0.2, -0.15) is 0 Å². The minimum atomic E-state index is -1.17.